The first-order valence-electron chi connectivity index (χ1n) is 10.7. The Morgan fingerprint density at radius 2 is 1.91 bits per heavy atom. The first kappa shape index (κ1) is 24.4. The maximum Gasteiger partial charge on any atom is 0.335 e. The lowest BCUT2D eigenvalue weighted by atomic mass is 9.68. The molecule has 3 N–H and O–H groups in total. The van der Waals surface area contributed by atoms with Crippen LogP contribution in [0.5, 0.6) is 0 Å². The van der Waals surface area contributed by atoms with Crippen LogP contribution in [0.4, 0.5) is 10.5 Å². The minimum absolute atomic E-state index is 0. The lowest BCUT2D eigenvalue weighted by Crippen LogP contribution is -2.46. The Balaban J connectivity index is 0.00000289. The first-order valence-corrected chi connectivity index (χ1v) is 11.1. The molecule has 32 heavy (non-hydrogen) atoms. The average molecular weight is 478 g/mol. The number of aromatic carboxylic acids is 1. The Labute approximate surface area is 199 Å². The van der Waals surface area contributed by atoms with E-state index >= 15 is 0 Å². The van der Waals surface area contributed by atoms with Crippen molar-refractivity contribution >= 4 is 41.7 Å². The van der Waals surface area contributed by atoms with Crippen molar-refractivity contribution in [1.82, 2.24) is 4.90 Å². The molecule has 1 saturated carbocycles. The van der Waals surface area contributed by atoms with Crippen molar-refractivity contribution in [2.45, 2.75) is 44.1 Å². The van der Waals surface area contributed by atoms with Crippen molar-refractivity contribution in [3.8, 4) is 0 Å². The number of anilines is 1. The Hall–Kier alpha value is -2.28. The number of aryl methyl sites for hydroxylation is 1. The zero-order valence-electron chi connectivity index (χ0n) is 18.1. The summed E-state index contributed by atoms with van der Waals surface area (Å²) >= 11 is 6.22. The smallest absolute Gasteiger partial charge is 0.335 e. The maximum atomic E-state index is 13.2. The lowest BCUT2D eigenvalue weighted by Gasteiger charge is -2.42. The first-order chi connectivity index (χ1) is 14.8. The normalized spacial score (nSPS) is 23.2. The molecule has 0 unspecified atom stereocenters. The lowest BCUT2D eigenvalue weighted by molar-refractivity contribution is 0.0696. The quantitative estimate of drug-likeness (QED) is 0.643. The van der Waals surface area contributed by atoms with E-state index in [-0.39, 0.29) is 35.5 Å². The van der Waals surface area contributed by atoms with Crippen molar-refractivity contribution in [3.63, 3.8) is 0 Å². The van der Waals surface area contributed by atoms with E-state index in [1.54, 1.807) is 30.0 Å². The number of nitrogens with zero attached hydrogens (tertiary/aromatic N) is 2. The van der Waals surface area contributed by atoms with Gasteiger partial charge in [-0.15, -0.1) is 12.4 Å². The van der Waals surface area contributed by atoms with Gasteiger partial charge in [-0.2, -0.15) is 0 Å². The SMILES string of the molecule is Cc1cc(N2CCN(C3CCC(CN)(c4cccc(Cl)c4)CC3)C2=O)ccc1C(=O)O.Cl. The summed E-state index contributed by atoms with van der Waals surface area (Å²) in [4.78, 5) is 28.2. The van der Waals surface area contributed by atoms with Crippen LogP contribution in [0, 0.1) is 6.92 Å². The molecule has 2 aliphatic rings. The van der Waals surface area contributed by atoms with Crippen LogP contribution in [0.25, 0.3) is 0 Å². The highest BCUT2D eigenvalue weighted by atomic mass is 35.5. The molecule has 172 valence electrons. The third-order valence-corrected chi connectivity index (χ3v) is 7.21. The second kappa shape index (κ2) is 9.69. The number of carbonyl (C=O) groups excluding carboxylic acids is 1. The molecule has 1 aliphatic heterocycles. The minimum atomic E-state index is -0.955. The predicted octanol–water partition coefficient (Wildman–Crippen LogP) is 4.85. The standard InChI is InChI=1S/C24H28ClN3O3.ClH/c1-16-13-20(5-6-21(16)22(29)30)28-12-11-27(23(28)31)19-7-9-24(15-26,10-8-19)17-3-2-4-18(25)14-17;/h2-6,13-14,19H,7-12,15,26H2,1H3,(H,29,30);1H. The number of carboxylic acids is 1. The highest BCUT2D eigenvalue weighted by Crippen LogP contribution is 2.41. The Bertz CT molecular complexity index is 1010. The van der Waals surface area contributed by atoms with Gasteiger partial charge in [0.05, 0.1) is 5.56 Å². The number of hydrogen-bond donors (Lipinski definition) is 2. The third-order valence-electron chi connectivity index (χ3n) is 6.97. The Morgan fingerprint density at radius 3 is 2.50 bits per heavy atom. The van der Waals surface area contributed by atoms with Gasteiger partial charge in [-0.1, -0.05) is 23.7 Å². The summed E-state index contributed by atoms with van der Waals surface area (Å²) < 4.78 is 0. The van der Waals surface area contributed by atoms with Crippen molar-refractivity contribution in [2.75, 3.05) is 24.5 Å². The van der Waals surface area contributed by atoms with Crippen LogP contribution in [0.2, 0.25) is 5.02 Å². The van der Waals surface area contributed by atoms with Gasteiger partial charge in [0, 0.05) is 41.8 Å². The van der Waals surface area contributed by atoms with Crippen LogP contribution in [0.1, 0.15) is 47.2 Å². The molecular formula is C24H29Cl2N3O3. The van der Waals surface area contributed by atoms with Crippen LogP contribution in [0.3, 0.4) is 0 Å². The summed E-state index contributed by atoms with van der Waals surface area (Å²) in [6.07, 6.45) is 3.65. The fourth-order valence-corrected chi connectivity index (χ4v) is 5.27. The second-order valence-electron chi connectivity index (χ2n) is 8.66. The Morgan fingerprint density at radius 1 is 1.19 bits per heavy atom. The predicted molar refractivity (Wildman–Crippen MR) is 129 cm³/mol. The number of carboxylic acid groups (broad SMARTS) is 1. The summed E-state index contributed by atoms with van der Waals surface area (Å²) in [7, 11) is 0. The summed E-state index contributed by atoms with van der Waals surface area (Å²) in [5.41, 5.74) is 8.98. The number of carbonyl (C=O) groups is 2. The number of amides is 2. The van der Waals surface area contributed by atoms with Gasteiger partial charge in [-0.25, -0.2) is 9.59 Å². The number of nitrogens with two attached hydrogens (primary N) is 1. The van der Waals surface area contributed by atoms with Gasteiger partial charge in [0.2, 0.25) is 0 Å². The van der Waals surface area contributed by atoms with Gasteiger partial charge in [0.15, 0.2) is 0 Å². The second-order valence-corrected chi connectivity index (χ2v) is 9.09. The van der Waals surface area contributed by atoms with E-state index in [0.29, 0.717) is 25.2 Å². The van der Waals surface area contributed by atoms with Gasteiger partial charge in [-0.3, -0.25) is 4.90 Å². The molecule has 0 spiro atoms. The molecule has 8 heteroatoms. The number of urea groups is 1. The fourth-order valence-electron chi connectivity index (χ4n) is 5.08. The van der Waals surface area contributed by atoms with E-state index in [1.807, 2.05) is 23.1 Å². The maximum absolute atomic E-state index is 13.2. The molecule has 0 aromatic heterocycles. The molecule has 2 aromatic carbocycles. The molecule has 4 rings (SSSR count). The van der Waals surface area contributed by atoms with E-state index in [1.165, 1.54) is 5.56 Å². The van der Waals surface area contributed by atoms with Crippen molar-refractivity contribution < 1.29 is 14.7 Å². The summed E-state index contributed by atoms with van der Waals surface area (Å²) in [5, 5.41) is 9.97. The van der Waals surface area contributed by atoms with Crippen LogP contribution >= 0.6 is 24.0 Å². The number of rotatable bonds is 5. The molecule has 0 radical (unpaired) electrons. The van der Waals surface area contributed by atoms with Gasteiger partial charge < -0.3 is 15.7 Å². The van der Waals surface area contributed by atoms with Crippen LogP contribution in [-0.2, 0) is 5.41 Å². The van der Waals surface area contributed by atoms with Gasteiger partial charge in [0.25, 0.3) is 0 Å². The Kier molecular flexibility index (Phi) is 7.38. The largest absolute Gasteiger partial charge is 0.478 e. The van der Waals surface area contributed by atoms with Crippen LogP contribution in [0.15, 0.2) is 42.5 Å². The molecule has 1 aliphatic carbocycles. The molecule has 1 saturated heterocycles. The molecular weight excluding hydrogens is 449 g/mol. The van der Waals surface area contributed by atoms with Gasteiger partial charge in [-0.05, 0) is 74.1 Å². The zero-order chi connectivity index (χ0) is 22.2. The fraction of sp³-hybridized carbons (Fsp3) is 0.417. The molecule has 0 atom stereocenters. The van der Waals surface area contributed by atoms with E-state index in [4.69, 9.17) is 17.3 Å². The topological polar surface area (TPSA) is 86.9 Å². The molecule has 1 heterocycles. The van der Waals surface area contributed by atoms with E-state index in [0.717, 1.165) is 36.4 Å². The molecule has 2 aromatic rings. The van der Waals surface area contributed by atoms with Gasteiger partial charge >= 0.3 is 12.0 Å². The number of hydrogen-bond acceptors (Lipinski definition) is 3. The molecule has 2 fully saturated rings. The van der Waals surface area contributed by atoms with E-state index in [2.05, 4.69) is 6.07 Å². The molecule has 0 bridgehead atoms. The monoisotopic (exact) mass is 477 g/mol. The highest BCUT2D eigenvalue weighted by Gasteiger charge is 2.41. The van der Waals surface area contributed by atoms with E-state index in [9.17, 15) is 14.7 Å². The number of benzene rings is 2. The van der Waals surface area contributed by atoms with Crippen LogP contribution in [-0.4, -0.2) is 47.7 Å². The van der Waals surface area contributed by atoms with Crippen LogP contribution < -0.4 is 10.6 Å². The van der Waals surface area contributed by atoms with Gasteiger partial charge in [0.1, 0.15) is 0 Å². The van der Waals surface area contributed by atoms with Crippen molar-refractivity contribution in [3.05, 3.63) is 64.2 Å². The zero-order valence-corrected chi connectivity index (χ0v) is 19.7. The molecule has 6 nitrogen and oxygen atoms in total. The third kappa shape index (κ3) is 4.45. The van der Waals surface area contributed by atoms with Crippen molar-refractivity contribution in [1.29, 1.82) is 0 Å². The molecule has 2 amide bonds. The number of halogens is 2. The minimum Gasteiger partial charge on any atom is -0.478 e. The summed E-state index contributed by atoms with van der Waals surface area (Å²) in [6.45, 7) is 3.61. The summed E-state index contributed by atoms with van der Waals surface area (Å²) in [6, 6.07) is 13.2. The van der Waals surface area contributed by atoms with E-state index < -0.39 is 5.97 Å². The summed E-state index contributed by atoms with van der Waals surface area (Å²) in [5.74, 6) is -0.955. The van der Waals surface area contributed by atoms with Crippen molar-refractivity contribution in [2.24, 2.45) is 5.73 Å². The highest BCUT2D eigenvalue weighted by molar-refractivity contribution is 6.30. The average Bonchev–Trinajstić information content (AvgIpc) is 3.14.